The van der Waals surface area contributed by atoms with Crippen LogP contribution in [0.5, 0.6) is 0 Å². The van der Waals surface area contributed by atoms with Gasteiger partial charge in [0.15, 0.2) is 0 Å². The molecule has 2 N–H and O–H groups in total. The molecule has 2 saturated heterocycles. The minimum atomic E-state index is -3.71. The minimum absolute atomic E-state index is 0.0454. The molecular formula is C20H26N4O6S. The topological polar surface area (TPSA) is 123 Å². The molecule has 0 spiro atoms. The lowest BCUT2D eigenvalue weighted by molar-refractivity contribution is 0.0730. The fraction of sp³-hybridized carbons (Fsp3) is 0.500. The Morgan fingerprint density at radius 1 is 1.19 bits per heavy atom. The van der Waals surface area contributed by atoms with Crippen molar-refractivity contribution in [3.8, 4) is 0 Å². The van der Waals surface area contributed by atoms with Gasteiger partial charge in [0.2, 0.25) is 15.8 Å². The third kappa shape index (κ3) is 5.06. The zero-order valence-electron chi connectivity index (χ0n) is 17.3. The number of carbonyl (C=O) groups is 1. The summed E-state index contributed by atoms with van der Waals surface area (Å²) in [5, 5.41) is 9.73. The van der Waals surface area contributed by atoms with Crippen molar-refractivity contribution in [2.24, 2.45) is 0 Å². The first kappa shape index (κ1) is 21.8. The molecule has 0 radical (unpaired) electrons. The number of carbonyl (C=O) groups excluding carboxylic acids is 1. The van der Waals surface area contributed by atoms with Crippen molar-refractivity contribution in [1.29, 1.82) is 0 Å². The maximum absolute atomic E-state index is 13.1. The molecule has 2 fully saturated rings. The lowest BCUT2D eigenvalue weighted by Gasteiger charge is -2.26. The second-order valence-corrected chi connectivity index (χ2v) is 9.46. The summed E-state index contributed by atoms with van der Waals surface area (Å²) in [7, 11) is -3.71. The van der Waals surface area contributed by atoms with Crippen LogP contribution in [0, 0.1) is 6.92 Å². The lowest BCUT2D eigenvalue weighted by Crippen LogP contribution is -2.40. The van der Waals surface area contributed by atoms with E-state index in [1.165, 1.54) is 22.5 Å². The molecule has 31 heavy (non-hydrogen) atoms. The maximum Gasteiger partial charge on any atom is 0.294 e. The van der Waals surface area contributed by atoms with Gasteiger partial charge in [-0.05, 0) is 38.0 Å². The van der Waals surface area contributed by atoms with Crippen molar-refractivity contribution < 1.29 is 27.2 Å². The van der Waals surface area contributed by atoms with E-state index >= 15 is 0 Å². The molecule has 168 valence electrons. The van der Waals surface area contributed by atoms with Crippen LogP contribution in [0.25, 0.3) is 0 Å². The number of nitrogens with one attached hydrogen (secondary N) is 2. The van der Waals surface area contributed by atoms with E-state index in [1.807, 2.05) is 0 Å². The van der Waals surface area contributed by atoms with E-state index in [0.29, 0.717) is 49.9 Å². The number of morpholine rings is 1. The van der Waals surface area contributed by atoms with Crippen LogP contribution in [-0.2, 0) is 19.5 Å². The molecule has 4 rings (SSSR count). The van der Waals surface area contributed by atoms with Crippen LogP contribution in [0.2, 0.25) is 0 Å². The smallest absolute Gasteiger partial charge is 0.294 e. The van der Waals surface area contributed by atoms with E-state index in [2.05, 4.69) is 15.8 Å². The van der Waals surface area contributed by atoms with Gasteiger partial charge in [-0.2, -0.15) is 4.31 Å². The van der Waals surface area contributed by atoms with E-state index < -0.39 is 15.9 Å². The van der Waals surface area contributed by atoms with Crippen molar-refractivity contribution in [1.82, 2.24) is 9.46 Å². The Kier molecular flexibility index (Phi) is 6.56. The molecule has 2 aliphatic rings. The van der Waals surface area contributed by atoms with E-state index in [0.717, 1.165) is 19.4 Å². The van der Waals surface area contributed by atoms with Gasteiger partial charge in [0.25, 0.3) is 5.91 Å². The number of amides is 1. The maximum atomic E-state index is 13.1. The summed E-state index contributed by atoms with van der Waals surface area (Å²) in [6.07, 6.45) is 2.05. The largest absolute Gasteiger partial charge is 0.381 e. The first-order valence-electron chi connectivity index (χ1n) is 10.3. The second kappa shape index (κ2) is 9.35. The molecule has 1 unspecified atom stereocenters. The van der Waals surface area contributed by atoms with Gasteiger partial charge in [-0.3, -0.25) is 4.79 Å². The molecule has 0 saturated carbocycles. The van der Waals surface area contributed by atoms with Crippen molar-refractivity contribution in [2.75, 3.05) is 50.1 Å². The highest BCUT2D eigenvalue weighted by Crippen LogP contribution is 2.29. The number of aromatic nitrogens is 1. The minimum Gasteiger partial charge on any atom is -0.381 e. The fourth-order valence-corrected chi connectivity index (χ4v) is 5.00. The van der Waals surface area contributed by atoms with Gasteiger partial charge in [-0.25, -0.2) is 8.42 Å². The van der Waals surface area contributed by atoms with Gasteiger partial charge in [-0.1, -0.05) is 5.16 Å². The average Bonchev–Trinajstić information content (AvgIpc) is 3.45. The number of sulfonamides is 1. The fourth-order valence-electron chi connectivity index (χ4n) is 3.56. The number of hydrogen-bond donors (Lipinski definition) is 2. The molecule has 1 amide bonds. The number of anilines is 2. The van der Waals surface area contributed by atoms with Crippen LogP contribution in [0.15, 0.2) is 33.7 Å². The highest BCUT2D eigenvalue weighted by Gasteiger charge is 2.27. The van der Waals surface area contributed by atoms with E-state index in [1.54, 1.807) is 13.0 Å². The summed E-state index contributed by atoms with van der Waals surface area (Å²) >= 11 is 0. The molecule has 1 aromatic heterocycles. The molecule has 1 aromatic carbocycles. The third-order valence-electron chi connectivity index (χ3n) is 5.24. The van der Waals surface area contributed by atoms with Crippen LogP contribution in [-0.4, -0.2) is 69.3 Å². The summed E-state index contributed by atoms with van der Waals surface area (Å²) in [5.41, 5.74) is 1.51. The summed E-state index contributed by atoms with van der Waals surface area (Å²) in [4.78, 5) is 12.7. The van der Waals surface area contributed by atoms with Gasteiger partial charge >= 0.3 is 0 Å². The van der Waals surface area contributed by atoms with Crippen LogP contribution in [0.4, 0.5) is 11.4 Å². The van der Waals surface area contributed by atoms with Crippen molar-refractivity contribution >= 4 is 27.3 Å². The first-order chi connectivity index (χ1) is 14.9. The van der Waals surface area contributed by atoms with E-state index in [4.69, 9.17) is 14.0 Å². The summed E-state index contributed by atoms with van der Waals surface area (Å²) in [5.74, 6) is -0.467. The number of aryl methyl sites for hydroxylation is 1. The average molecular weight is 451 g/mol. The van der Waals surface area contributed by atoms with Crippen molar-refractivity contribution in [3.63, 3.8) is 0 Å². The molecular weight excluding hydrogens is 424 g/mol. The Hall–Kier alpha value is -2.47. The summed E-state index contributed by atoms with van der Waals surface area (Å²) in [6.45, 7) is 4.30. The Labute approximate surface area is 180 Å². The van der Waals surface area contributed by atoms with Crippen molar-refractivity contribution in [3.05, 3.63) is 35.7 Å². The Morgan fingerprint density at radius 3 is 2.68 bits per heavy atom. The standard InChI is InChI=1S/C20H26N4O6S/c1-14-11-19(30-23-14)20(25)22-18-12-16(31(26,27)24-6-9-28-10-7-24)4-5-17(18)21-13-15-3-2-8-29-15/h4-5,11-12,15,21H,2-3,6-10,13H2,1H3,(H,22,25). The molecule has 10 nitrogen and oxygen atoms in total. The van der Waals surface area contributed by atoms with Crippen molar-refractivity contribution in [2.45, 2.75) is 30.8 Å². The van der Waals surface area contributed by atoms with Crippen LogP contribution < -0.4 is 10.6 Å². The Balaban J connectivity index is 1.60. The SMILES string of the molecule is Cc1cc(C(=O)Nc2cc(S(=O)(=O)N3CCOCC3)ccc2NCC2CCCO2)on1. The highest BCUT2D eigenvalue weighted by atomic mass is 32.2. The summed E-state index contributed by atoms with van der Waals surface area (Å²) < 4.78 is 43.4. The van der Waals surface area contributed by atoms with E-state index in [9.17, 15) is 13.2 Å². The quantitative estimate of drug-likeness (QED) is 0.655. The van der Waals surface area contributed by atoms with Gasteiger partial charge in [-0.15, -0.1) is 0 Å². The predicted octanol–water partition coefficient (Wildman–Crippen LogP) is 1.85. The van der Waals surface area contributed by atoms with Crippen LogP contribution in [0.1, 0.15) is 29.1 Å². The Bertz CT molecular complexity index is 1030. The van der Waals surface area contributed by atoms with Crippen LogP contribution in [0.3, 0.4) is 0 Å². The predicted molar refractivity (Wildman–Crippen MR) is 113 cm³/mol. The number of rotatable bonds is 7. The molecule has 3 heterocycles. The van der Waals surface area contributed by atoms with Gasteiger partial charge in [0, 0.05) is 32.3 Å². The monoisotopic (exact) mass is 450 g/mol. The molecule has 1 atom stereocenters. The van der Waals surface area contributed by atoms with E-state index in [-0.39, 0.29) is 16.8 Å². The van der Waals surface area contributed by atoms with Gasteiger partial charge in [0.05, 0.1) is 41.3 Å². The number of benzene rings is 1. The zero-order chi connectivity index (χ0) is 21.8. The second-order valence-electron chi connectivity index (χ2n) is 7.53. The number of hydrogen-bond acceptors (Lipinski definition) is 8. The molecule has 2 aliphatic heterocycles. The third-order valence-corrected chi connectivity index (χ3v) is 7.14. The normalized spacial score (nSPS) is 20.0. The molecule has 0 aliphatic carbocycles. The van der Waals surface area contributed by atoms with Crippen LogP contribution >= 0.6 is 0 Å². The number of nitrogens with zero attached hydrogens (tertiary/aromatic N) is 2. The summed E-state index contributed by atoms with van der Waals surface area (Å²) in [6, 6.07) is 6.17. The zero-order valence-corrected chi connectivity index (χ0v) is 18.1. The lowest BCUT2D eigenvalue weighted by atomic mass is 10.2. The molecule has 11 heteroatoms. The first-order valence-corrected chi connectivity index (χ1v) is 11.7. The Morgan fingerprint density at radius 2 is 2.00 bits per heavy atom. The molecule has 0 bridgehead atoms. The van der Waals surface area contributed by atoms with Gasteiger partial charge in [0.1, 0.15) is 0 Å². The van der Waals surface area contributed by atoms with Gasteiger partial charge < -0.3 is 24.6 Å². The number of ether oxygens (including phenoxy) is 2. The highest BCUT2D eigenvalue weighted by molar-refractivity contribution is 7.89. The molecule has 2 aromatic rings.